The molecular weight excluding hydrogens is 384 g/mol. The molecule has 1 atom stereocenters. The van der Waals surface area contributed by atoms with Crippen LogP contribution in [0, 0.1) is 0 Å². The van der Waals surface area contributed by atoms with Crippen LogP contribution in [0.4, 0.5) is 5.69 Å². The van der Waals surface area contributed by atoms with Crippen LogP contribution in [0.5, 0.6) is 0 Å². The number of amides is 1. The minimum atomic E-state index is -0.646. The number of fused-ring (bicyclic) bond motifs is 1. The summed E-state index contributed by atoms with van der Waals surface area (Å²) in [7, 11) is 0. The summed E-state index contributed by atoms with van der Waals surface area (Å²) in [6.45, 7) is 1.85. The average molecular weight is 399 g/mol. The Labute approximate surface area is 163 Å². The Morgan fingerprint density at radius 1 is 1.29 bits per heavy atom. The molecule has 2 aromatic heterocycles. The van der Waals surface area contributed by atoms with Crippen molar-refractivity contribution >= 4 is 34.3 Å². The highest BCUT2D eigenvalue weighted by atomic mass is 35.5. The van der Waals surface area contributed by atoms with E-state index < -0.39 is 11.8 Å². The van der Waals surface area contributed by atoms with Crippen LogP contribution in [-0.4, -0.2) is 31.1 Å². The highest BCUT2D eigenvalue weighted by Crippen LogP contribution is 2.20. The summed E-state index contributed by atoms with van der Waals surface area (Å²) in [5.74, 6) is -0.445. The molecule has 0 fully saturated rings. The Morgan fingerprint density at radius 3 is 2.82 bits per heavy atom. The number of tetrazole rings is 1. The van der Waals surface area contributed by atoms with Gasteiger partial charge >= 0.3 is 5.76 Å². The molecule has 1 amide bonds. The van der Waals surface area contributed by atoms with Gasteiger partial charge in [-0.1, -0.05) is 18.5 Å². The molecule has 2 N–H and O–H groups in total. The van der Waals surface area contributed by atoms with E-state index in [-0.39, 0.29) is 5.91 Å². The van der Waals surface area contributed by atoms with Crippen molar-refractivity contribution in [2.75, 3.05) is 5.32 Å². The molecule has 4 aromatic rings. The number of benzene rings is 2. The fourth-order valence-corrected chi connectivity index (χ4v) is 2.91. The number of halogens is 1. The van der Waals surface area contributed by atoms with Crippen molar-refractivity contribution < 1.29 is 9.21 Å². The van der Waals surface area contributed by atoms with Crippen molar-refractivity contribution in [2.45, 2.75) is 19.4 Å². The highest BCUT2D eigenvalue weighted by Gasteiger charge is 2.22. The zero-order chi connectivity index (χ0) is 19.7. The number of aromatic amines is 1. The molecule has 0 spiro atoms. The van der Waals surface area contributed by atoms with E-state index in [1.165, 1.54) is 4.80 Å². The van der Waals surface area contributed by atoms with E-state index in [4.69, 9.17) is 16.0 Å². The average Bonchev–Trinajstić information content (AvgIpc) is 3.29. The number of rotatable bonds is 5. The van der Waals surface area contributed by atoms with Gasteiger partial charge in [-0.3, -0.25) is 9.78 Å². The number of H-pyrrole nitrogens is 1. The fourth-order valence-electron chi connectivity index (χ4n) is 2.78. The van der Waals surface area contributed by atoms with Crippen LogP contribution < -0.4 is 11.1 Å². The van der Waals surface area contributed by atoms with Gasteiger partial charge in [-0.25, -0.2) is 4.79 Å². The van der Waals surface area contributed by atoms with E-state index in [2.05, 4.69) is 25.7 Å². The first-order valence-corrected chi connectivity index (χ1v) is 8.90. The second-order valence-corrected chi connectivity index (χ2v) is 6.52. The van der Waals surface area contributed by atoms with E-state index >= 15 is 0 Å². The molecule has 0 radical (unpaired) electrons. The first-order chi connectivity index (χ1) is 13.5. The zero-order valence-electron chi connectivity index (χ0n) is 14.7. The van der Waals surface area contributed by atoms with Crippen LogP contribution in [0.25, 0.3) is 22.5 Å². The quantitative estimate of drug-likeness (QED) is 0.533. The topological polar surface area (TPSA) is 119 Å². The maximum Gasteiger partial charge on any atom is 0.417 e. The number of nitrogens with one attached hydrogen (secondary N) is 2. The van der Waals surface area contributed by atoms with Crippen LogP contribution in [0.2, 0.25) is 5.02 Å². The number of aromatic nitrogens is 5. The minimum absolute atomic E-state index is 0.298. The highest BCUT2D eigenvalue weighted by molar-refractivity contribution is 6.30. The van der Waals surface area contributed by atoms with Gasteiger partial charge in [0.15, 0.2) is 11.6 Å². The van der Waals surface area contributed by atoms with E-state index in [0.29, 0.717) is 34.1 Å². The largest absolute Gasteiger partial charge is 0.417 e. The molecule has 28 heavy (non-hydrogen) atoms. The van der Waals surface area contributed by atoms with Crippen molar-refractivity contribution in [3.8, 4) is 11.4 Å². The van der Waals surface area contributed by atoms with Crippen LogP contribution in [0.1, 0.15) is 19.4 Å². The maximum absolute atomic E-state index is 12.7. The molecular formula is C18H15ClN6O3. The number of nitrogens with zero attached hydrogens (tertiary/aromatic N) is 4. The van der Waals surface area contributed by atoms with Gasteiger partial charge in [0.1, 0.15) is 0 Å². The number of carbonyl (C=O) groups is 1. The molecule has 2 heterocycles. The molecule has 10 heteroatoms. The van der Waals surface area contributed by atoms with Gasteiger partial charge in [0.2, 0.25) is 5.82 Å². The van der Waals surface area contributed by atoms with Gasteiger partial charge in [-0.15, -0.1) is 10.2 Å². The molecule has 1 unspecified atom stereocenters. The van der Waals surface area contributed by atoms with Crippen LogP contribution in [0.15, 0.2) is 51.7 Å². The number of anilines is 1. The monoisotopic (exact) mass is 398 g/mol. The van der Waals surface area contributed by atoms with Crippen molar-refractivity contribution in [1.82, 2.24) is 25.2 Å². The maximum atomic E-state index is 12.7. The number of oxazole rings is 1. The van der Waals surface area contributed by atoms with Gasteiger partial charge in [0, 0.05) is 16.3 Å². The summed E-state index contributed by atoms with van der Waals surface area (Å²) >= 11 is 5.89. The molecule has 4 rings (SSSR count). The van der Waals surface area contributed by atoms with E-state index in [9.17, 15) is 9.59 Å². The third-order valence-corrected chi connectivity index (χ3v) is 4.44. The number of hydrogen-bond donors (Lipinski definition) is 2. The van der Waals surface area contributed by atoms with E-state index in [0.717, 1.165) is 5.56 Å². The predicted molar refractivity (Wildman–Crippen MR) is 103 cm³/mol. The van der Waals surface area contributed by atoms with Gasteiger partial charge in [-0.05, 0) is 54.1 Å². The van der Waals surface area contributed by atoms with Crippen LogP contribution >= 0.6 is 11.6 Å². The first-order valence-electron chi connectivity index (χ1n) is 8.52. The van der Waals surface area contributed by atoms with Gasteiger partial charge in [0.05, 0.1) is 5.52 Å². The Kier molecular flexibility index (Phi) is 4.66. The van der Waals surface area contributed by atoms with Gasteiger partial charge in [0.25, 0.3) is 5.91 Å². The Bertz CT molecular complexity index is 1190. The first kappa shape index (κ1) is 17.9. The smallest absolute Gasteiger partial charge is 0.408 e. The molecule has 9 nitrogen and oxygen atoms in total. The molecule has 0 aliphatic heterocycles. The van der Waals surface area contributed by atoms with Gasteiger partial charge in [-0.2, -0.15) is 4.80 Å². The summed E-state index contributed by atoms with van der Waals surface area (Å²) < 4.78 is 4.95. The molecule has 0 aliphatic carbocycles. The summed E-state index contributed by atoms with van der Waals surface area (Å²) in [5, 5.41) is 15.8. The Morgan fingerprint density at radius 2 is 2.07 bits per heavy atom. The summed E-state index contributed by atoms with van der Waals surface area (Å²) in [5.41, 5.74) is 2.19. The Hall–Kier alpha value is -3.46. The number of carbonyl (C=O) groups excluding carboxylic acids is 1. The molecule has 0 bridgehead atoms. The summed E-state index contributed by atoms with van der Waals surface area (Å²) in [6.07, 6.45) is 0.465. The minimum Gasteiger partial charge on any atom is -0.408 e. The third-order valence-electron chi connectivity index (χ3n) is 4.19. The molecule has 142 valence electrons. The fraction of sp³-hybridized carbons (Fsp3) is 0.167. The SMILES string of the molecule is CCC(C(=O)Nc1ccc2oc(=O)[nH]c2c1)n1nnc(-c2ccc(Cl)cc2)n1. The standard InChI is InChI=1S/C18H15ClN6O3/c1-2-14(25-23-16(22-24-25)10-3-5-11(19)6-4-10)17(26)20-12-7-8-15-13(9-12)21-18(27)28-15/h3-9,14H,2H2,1H3,(H,20,26)(H,21,27). The van der Waals surface area contributed by atoms with Crippen molar-refractivity contribution in [3.63, 3.8) is 0 Å². The van der Waals surface area contributed by atoms with Gasteiger partial charge < -0.3 is 9.73 Å². The van der Waals surface area contributed by atoms with E-state index in [1.807, 2.05) is 6.92 Å². The predicted octanol–water partition coefficient (Wildman–Crippen LogP) is 3.02. The molecule has 0 saturated heterocycles. The molecule has 0 saturated carbocycles. The third kappa shape index (κ3) is 3.52. The lowest BCUT2D eigenvalue weighted by molar-refractivity contribution is -0.119. The van der Waals surface area contributed by atoms with Crippen LogP contribution in [0.3, 0.4) is 0 Å². The van der Waals surface area contributed by atoms with Crippen molar-refractivity contribution in [3.05, 3.63) is 58.0 Å². The van der Waals surface area contributed by atoms with Crippen molar-refractivity contribution in [1.29, 1.82) is 0 Å². The van der Waals surface area contributed by atoms with Crippen LogP contribution in [-0.2, 0) is 4.79 Å². The Balaban J connectivity index is 1.55. The molecule has 2 aromatic carbocycles. The normalized spacial score (nSPS) is 12.2. The number of hydrogen-bond acceptors (Lipinski definition) is 6. The lowest BCUT2D eigenvalue weighted by Gasteiger charge is -2.13. The summed E-state index contributed by atoms with van der Waals surface area (Å²) in [6, 6.07) is 11.3. The van der Waals surface area contributed by atoms with E-state index in [1.54, 1.807) is 42.5 Å². The van der Waals surface area contributed by atoms with Crippen molar-refractivity contribution in [2.24, 2.45) is 0 Å². The lowest BCUT2D eigenvalue weighted by atomic mass is 10.2. The second-order valence-electron chi connectivity index (χ2n) is 6.08. The second kappa shape index (κ2) is 7.28. The molecule has 0 aliphatic rings. The summed E-state index contributed by atoms with van der Waals surface area (Å²) in [4.78, 5) is 27.8. The zero-order valence-corrected chi connectivity index (χ0v) is 15.5. The lowest BCUT2D eigenvalue weighted by Crippen LogP contribution is -2.27.